The van der Waals surface area contributed by atoms with Crippen LogP contribution < -0.4 is 14.8 Å². The first kappa shape index (κ1) is 19.3. The van der Waals surface area contributed by atoms with Gasteiger partial charge in [0.2, 0.25) is 0 Å². The molecule has 1 aromatic carbocycles. The van der Waals surface area contributed by atoms with Gasteiger partial charge in [-0.15, -0.1) is 0 Å². The number of ether oxygens (including phenoxy) is 2. The number of nitrogens with one attached hydrogen (secondary N) is 1. The minimum Gasteiger partial charge on any atom is -0.493 e. The van der Waals surface area contributed by atoms with Gasteiger partial charge in [-0.3, -0.25) is 4.79 Å². The average molecular weight is 346 g/mol. The van der Waals surface area contributed by atoms with E-state index in [1.54, 1.807) is 31.4 Å². The van der Waals surface area contributed by atoms with Crippen LogP contribution in [0.3, 0.4) is 0 Å². The van der Waals surface area contributed by atoms with Crippen LogP contribution in [-0.2, 0) is 0 Å². The molecule has 1 saturated heterocycles. The number of amides is 1. The van der Waals surface area contributed by atoms with Gasteiger partial charge >= 0.3 is 0 Å². The highest BCUT2D eigenvalue weighted by atomic mass is 16.5. The molecule has 0 spiro atoms. The molecule has 0 unspecified atom stereocenters. The molecule has 5 heteroatoms. The summed E-state index contributed by atoms with van der Waals surface area (Å²) in [5, 5.41) is 2.99. The molecule has 1 aliphatic rings. The zero-order valence-corrected chi connectivity index (χ0v) is 15.3. The molecule has 2 rings (SSSR count). The fourth-order valence-corrected chi connectivity index (χ4v) is 3.04. The van der Waals surface area contributed by atoms with Gasteiger partial charge in [0, 0.05) is 12.1 Å². The highest BCUT2D eigenvalue weighted by Crippen LogP contribution is 2.28. The van der Waals surface area contributed by atoms with E-state index in [2.05, 4.69) is 16.8 Å². The van der Waals surface area contributed by atoms with E-state index in [1.165, 1.54) is 38.8 Å². The minimum atomic E-state index is -0.0792. The van der Waals surface area contributed by atoms with Crippen molar-refractivity contribution in [2.24, 2.45) is 0 Å². The summed E-state index contributed by atoms with van der Waals surface area (Å²) >= 11 is 0. The molecular formula is C20H30N2O3. The SMILES string of the molecule is C=CCOc1ccc(C(=O)NCCCN2CCCCCC2)cc1OC. The Morgan fingerprint density at radius 3 is 2.68 bits per heavy atom. The van der Waals surface area contributed by atoms with Crippen LogP contribution in [0.4, 0.5) is 0 Å². The molecule has 138 valence electrons. The maximum Gasteiger partial charge on any atom is 0.251 e. The summed E-state index contributed by atoms with van der Waals surface area (Å²) in [5.74, 6) is 1.09. The fraction of sp³-hybridized carbons (Fsp3) is 0.550. The lowest BCUT2D eigenvalue weighted by Crippen LogP contribution is -2.30. The Morgan fingerprint density at radius 2 is 2.00 bits per heavy atom. The lowest BCUT2D eigenvalue weighted by molar-refractivity contribution is 0.0951. The minimum absolute atomic E-state index is 0.0792. The largest absolute Gasteiger partial charge is 0.493 e. The Labute approximate surface area is 151 Å². The average Bonchev–Trinajstić information content (AvgIpc) is 2.92. The molecule has 0 bridgehead atoms. The summed E-state index contributed by atoms with van der Waals surface area (Å²) in [6, 6.07) is 5.22. The highest BCUT2D eigenvalue weighted by Gasteiger charge is 2.12. The normalized spacial score (nSPS) is 15.2. The summed E-state index contributed by atoms with van der Waals surface area (Å²) in [7, 11) is 1.57. The van der Waals surface area contributed by atoms with Crippen LogP contribution >= 0.6 is 0 Å². The summed E-state index contributed by atoms with van der Waals surface area (Å²) in [5.41, 5.74) is 0.581. The Bertz CT molecular complexity index is 552. The predicted octanol–water partition coefficient (Wildman–Crippen LogP) is 3.26. The summed E-state index contributed by atoms with van der Waals surface area (Å²) in [6.45, 7) is 8.15. The van der Waals surface area contributed by atoms with E-state index in [0.717, 1.165) is 13.0 Å². The maximum absolute atomic E-state index is 12.3. The highest BCUT2D eigenvalue weighted by molar-refractivity contribution is 5.94. The van der Waals surface area contributed by atoms with Gasteiger partial charge in [-0.2, -0.15) is 0 Å². The fourth-order valence-electron chi connectivity index (χ4n) is 3.04. The number of methoxy groups -OCH3 is 1. The van der Waals surface area contributed by atoms with Gasteiger partial charge in [0.15, 0.2) is 11.5 Å². The number of hydrogen-bond acceptors (Lipinski definition) is 4. The van der Waals surface area contributed by atoms with Gasteiger partial charge < -0.3 is 19.7 Å². The maximum atomic E-state index is 12.3. The standard InChI is InChI=1S/C20H30N2O3/c1-3-15-25-18-10-9-17(16-19(18)24-2)20(23)21-11-8-14-22-12-6-4-5-7-13-22/h3,9-10,16H,1,4-8,11-15H2,2H3,(H,21,23). The van der Waals surface area contributed by atoms with Crippen LogP contribution in [0.5, 0.6) is 11.5 Å². The third-order valence-corrected chi connectivity index (χ3v) is 4.42. The Balaban J connectivity index is 1.78. The third-order valence-electron chi connectivity index (χ3n) is 4.42. The van der Waals surface area contributed by atoms with Gasteiger partial charge in [-0.05, 0) is 57.1 Å². The smallest absolute Gasteiger partial charge is 0.251 e. The summed E-state index contributed by atoms with van der Waals surface area (Å²) in [6.07, 6.45) is 7.94. The first-order chi connectivity index (χ1) is 12.2. The van der Waals surface area contributed by atoms with Crippen molar-refractivity contribution in [3.05, 3.63) is 36.4 Å². The van der Waals surface area contributed by atoms with Crippen LogP contribution in [0.2, 0.25) is 0 Å². The number of benzene rings is 1. The van der Waals surface area contributed by atoms with Crippen molar-refractivity contribution in [2.75, 3.05) is 39.9 Å². The molecular weight excluding hydrogens is 316 g/mol. The van der Waals surface area contributed by atoms with Gasteiger partial charge in [0.05, 0.1) is 7.11 Å². The number of nitrogens with zero attached hydrogens (tertiary/aromatic N) is 1. The number of hydrogen-bond donors (Lipinski definition) is 1. The summed E-state index contributed by atoms with van der Waals surface area (Å²) < 4.78 is 10.8. The quantitative estimate of drug-likeness (QED) is 0.551. The van der Waals surface area contributed by atoms with Gasteiger partial charge in [0.1, 0.15) is 6.61 Å². The van der Waals surface area contributed by atoms with Gasteiger partial charge in [0.25, 0.3) is 5.91 Å². The summed E-state index contributed by atoms with van der Waals surface area (Å²) in [4.78, 5) is 14.8. The van der Waals surface area contributed by atoms with Gasteiger partial charge in [-0.25, -0.2) is 0 Å². The van der Waals surface area contributed by atoms with Crippen LogP contribution in [-0.4, -0.2) is 50.7 Å². The van der Waals surface area contributed by atoms with Crippen molar-refractivity contribution in [1.29, 1.82) is 0 Å². The Morgan fingerprint density at radius 1 is 1.24 bits per heavy atom. The molecule has 25 heavy (non-hydrogen) atoms. The zero-order chi connectivity index (χ0) is 17.9. The second-order valence-corrected chi connectivity index (χ2v) is 6.33. The van der Waals surface area contributed by atoms with Crippen LogP contribution in [0.25, 0.3) is 0 Å². The Hall–Kier alpha value is -2.01. The molecule has 0 atom stereocenters. The second-order valence-electron chi connectivity index (χ2n) is 6.33. The van der Waals surface area contributed by atoms with E-state index in [9.17, 15) is 4.79 Å². The molecule has 0 aromatic heterocycles. The van der Waals surface area contributed by atoms with Crippen molar-refractivity contribution in [1.82, 2.24) is 10.2 Å². The first-order valence-electron chi connectivity index (χ1n) is 9.17. The van der Waals surface area contributed by atoms with E-state index in [0.29, 0.717) is 30.2 Å². The number of carbonyl (C=O) groups is 1. The van der Waals surface area contributed by atoms with Crippen molar-refractivity contribution in [3.63, 3.8) is 0 Å². The van der Waals surface area contributed by atoms with E-state index >= 15 is 0 Å². The molecule has 1 amide bonds. The molecule has 0 radical (unpaired) electrons. The predicted molar refractivity (Wildman–Crippen MR) is 101 cm³/mol. The van der Waals surface area contributed by atoms with Crippen molar-refractivity contribution >= 4 is 5.91 Å². The molecule has 1 aliphatic heterocycles. The lowest BCUT2D eigenvalue weighted by atomic mass is 10.2. The van der Waals surface area contributed by atoms with Gasteiger partial charge in [-0.1, -0.05) is 25.5 Å². The van der Waals surface area contributed by atoms with Crippen LogP contribution in [0, 0.1) is 0 Å². The zero-order valence-electron chi connectivity index (χ0n) is 15.3. The Kier molecular flexibility index (Phi) is 8.32. The number of rotatable bonds is 9. The molecule has 1 heterocycles. The van der Waals surface area contributed by atoms with E-state index in [-0.39, 0.29) is 5.91 Å². The molecule has 1 N–H and O–H groups in total. The number of carbonyl (C=O) groups excluding carboxylic acids is 1. The molecule has 0 saturated carbocycles. The lowest BCUT2D eigenvalue weighted by Gasteiger charge is -2.19. The second kappa shape index (κ2) is 10.8. The van der Waals surface area contributed by atoms with E-state index in [4.69, 9.17) is 9.47 Å². The van der Waals surface area contributed by atoms with Crippen molar-refractivity contribution in [2.45, 2.75) is 32.1 Å². The topological polar surface area (TPSA) is 50.8 Å². The molecule has 5 nitrogen and oxygen atoms in total. The van der Waals surface area contributed by atoms with E-state index in [1.807, 2.05) is 0 Å². The van der Waals surface area contributed by atoms with Crippen LogP contribution in [0.1, 0.15) is 42.5 Å². The monoisotopic (exact) mass is 346 g/mol. The van der Waals surface area contributed by atoms with Crippen molar-refractivity contribution < 1.29 is 14.3 Å². The molecule has 0 aliphatic carbocycles. The number of likely N-dealkylation sites (tertiary alicyclic amines) is 1. The molecule has 1 fully saturated rings. The molecule has 1 aromatic rings. The van der Waals surface area contributed by atoms with Crippen LogP contribution in [0.15, 0.2) is 30.9 Å². The van der Waals surface area contributed by atoms with Crippen molar-refractivity contribution in [3.8, 4) is 11.5 Å². The van der Waals surface area contributed by atoms with E-state index < -0.39 is 0 Å². The first-order valence-corrected chi connectivity index (χ1v) is 9.17. The third kappa shape index (κ3) is 6.42.